The lowest BCUT2D eigenvalue weighted by atomic mass is 10.1. The number of nitrogens with one attached hydrogen (secondary N) is 2. The van der Waals surface area contributed by atoms with E-state index in [1.54, 1.807) is 49.5 Å². The minimum Gasteiger partial charge on any atom is -0.354 e. The molecule has 0 atom stereocenters. The summed E-state index contributed by atoms with van der Waals surface area (Å²) in [5.74, 6) is 0.162. The van der Waals surface area contributed by atoms with E-state index in [2.05, 4.69) is 15.2 Å². The fourth-order valence-corrected chi connectivity index (χ4v) is 4.87. The van der Waals surface area contributed by atoms with Gasteiger partial charge in [-0.05, 0) is 55.0 Å². The van der Waals surface area contributed by atoms with Gasteiger partial charge in [-0.3, -0.25) is 4.79 Å². The van der Waals surface area contributed by atoms with E-state index in [1.165, 1.54) is 6.92 Å². The van der Waals surface area contributed by atoms with Crippen molar-refractivity contribution >= 4 is 45.1 Å². The summed E-state index contributed by atoms with van der Waals surface area (Å²) in [7, 11) is -3.64. The summed E-state index contributed by atoms with van der Waals surface area (Å²) in [6, 6.07) is 9.12. The highest BCUT2D eigenvalue weighted by Gasteiger charge is 2.17. The van der Waals surface area contributed by atoms with Gasteiger partial charge < -0.3 is 9.84 Å². The summed E-state index contributed by atoms with van der Waals surface area (Å²) in [5, 5.41) is 8.52. The zero-order valence-electron chi connectivity index (χ0n) is 16.9. The SMILES string of the molecule is CC(=O)Nc1c(C)noc1/C=C\c1ccc(C)c(S(=O)(=O)NCCc2cccs2)c1. The molecule has 3 aromatic rings. The molecule has 7 nitrogen and oxygen atoms in total. The van der Waals surface area contributed by atoms with Crippen LogP contribution in [0.1, 0.15) is 34.4 Å². The van der Waals surface area contributed by atoms with Crippen LogP contribution in [0.3, 0.4) is 0 Å². The average Bonchev–Trinajstić information content (AvgIpc) is 3.31. The Morgan fingerprint density at radius 1 is 1.23 bits per heavy atom. The van der Waals surface area contributed by atoms with Gasteiger partial charge in [0.1, 0.15) is 11.4 Å². The van der Waals surface area contributed by atoms with Gasteiger partial charge in [0.25, 0.3) is 0 Å². The summed E-state index contributed by atoms with van der Waals surface area (Å²) >= 11 is 1.60. The van der Waals surface area contributed by atoms with E-state index in [0.29, 0.717) is 41.2 Å². The molecule has 0 bridgehead atoms. The topological polar surface area (TPSA) is 101 Å². The molecule has 3 rings (SSSR count). The second-order valence-electron chi connectivity index (χ2n) is 6.77. The van der Waals surface area contributed by atoms with E-state index in [-0.39, 0.29) is 10.8 Å². The molecule has 1 aromatic carbocycles. The van der Waals surface area contributed by atoms with E-state index in [9.17, 15) is 13.2 Å². The van der Waals surface area contributed by atoms with Crippen molar-refractivity contribution in [3.8, 4) is 0 Å². The molecular formula is C21H23N3O4S2. The van der Waals surface area contributed by atoms with E-state index >= 15 is 0 Å². The maximum atomic E-state index is 12.8. The first-order valence-corrected chi connectivity index (χ1v) is 11.7. The lowest BCUT2D eigenvalue weighted by molar-refractivity contribution is -0.114. The molecular weight excluding hydrogens is 422 g/mol. The van der Waals surface area contributed by atoms with Crippen molar-refractivity contribution in [3.05, 3.63) is 63.2 Å². The molecule has 2 heterocycles. The van der Waals surface area contributed by atoms with Crippen LogP contribution in [-0.2, 0) is 21.2 Å². The van der Waals surface area contributed by atoms with Gasteiger partial charge in [-0.1, -0.05) is 29.4 Å². The normalized spacial score (nSPS) is 11.8. The molecule has 0 unspecified atom stereocenters. The van der Waals surface area contributed by atoms with Crippen LogP contribution in [0.15, 0.2) is 45.1 Å². The van der Waals surface area contributed by atoms with E-state index in [0.717, 1.165) is 4.88 Å². The molecule has 1 amide bonds. The highest BCUT2D eigenvalue weighted by Crippen LogP contribution is 2.24. The number of benzene rings is 1. The van der Waals surface area contributed by atoms with Crippen LogP contribution in [0.25, 0.3) is 12.2 Å². The molecule has 0 spiro atoms. The number of sulfonamides is 1. The molecule has 30 heavy (non-hydrogen) atoms. The molecule has 9 heteroatoms. The number of carbonyl (C=O) groups is 1. The van der Waals surface area contributed by atoms with Crippen LogP contribution < -0.4 is 10.0 Å². The molecule has 0 saturated carbocycles. The monoisotopic (exact) mass is 445 g/mol. The van der Waals surface area contributed by atoms with E-state index in [1.807, 2.05) is 23.6 Å². The number of carbonyl (C=O) groups excluding carboxylic acids is 1. The van der Waals surface area contributed by atoms with Crippen molar-refractivity contribution in [2.75, 3.05) is 11.9 Å². The molecule has 2 N–H and O–H groups in total. The van der Waals surface area contributed by atoms with Crippen LogP contribution in [0.4, 0.5) is 5.69 Å². The number of amides is 1. The van der Waals surface area contributed by atoms with Crippen molar-refractivity contribution in [2.45, 2.75) is 32.1 Å². The Balaban J connectivity index is 1.78. The predicted molar refractivity (Wildman–Crippen MR) is 119 cm³/mol. The Hall–Kier alpha value is -2.75. The number of hydrogen-bond donors (Lipinski definition) is 2. The standard InChI is InChI=1S/C21H23N3O4S2/c1-14-6-7-17(8-9-19-21(23-16(3)25)15(2)24-28-19)13-20(14)30(26,27)22-11-10-18-5-4-12-29-18/h4-9,12-13,22H,10-11H2,1-3H3,(H,23,25)/b9-8-. The van der Waals surface area contributed by atoms with Crippen molar-refractivity contribution in [2.24, 2.45) is 0 Å². The van der Waals surface area contributed by atoms with Crippen molar-refractivity contribution in [1.82, 2.24) is 9.88 Å². The van der Waals surface area contributed by atoms with Gasteiger partial charge in [0, 0.05) is 18.3 Å². The van der Waals surface area contributed by atoms with Crippen LogP contribution in [-0.4, -0.2) is 26.0 Å². The van der Waals surface area contributed by atoms with Crippen LogP contribution in [0, 0.1) is 13.8 Å². The lowest BCUT2D eigenvalue weighted by Gasteiger charge is -2.10. The molecule has 2 aromatic heterocycles. The number of aryl methyl sites for hydroxylation is 2. The Bertz CT molecular complexity index is 1160. The maximum absolute atomic E-state index is 12.8. The minimum absolute atomic E-state index is 0.228. The van der Waals surface area contributed by atoms with Crippen LogP contribution >= 0.6 is 11.3 Å². The number of rotatable bonds is 8. The molecule has 0 aliphatic carbocycles. The van der Waals surface area contributed by atoms with Gasteiger partial charge in [-0.2, -0.15) is 0 Å². The third-order valence-electron chi connectivity index (χ3n) is 4.36. The predicted octanol–water partition coefficient (Wildman–Crippen LogP) is 4.00. The Morgan fingerprint density at radius 3 is 2.73 bits per heavy atom. The third kappa shape index (κ3) is 5.44. The highest BCUT2D eigenvalue weighted by atomic mass is 32.2. The second-order valence-corrected chi connectivity index (χ2v) is 9.54. The first kappa shape index (κ1) is 21.9. The largest absolute Gasteiger partial charge is 0.354 e. The Kier molecular flexibility index (Phi) is 6.86. The number of nitrogens with zero attached hydrogens (tertiary/aromatic N) is 1. The van der Waals surface area contributed by atoms with Crippen LogP contribution in [0.5, 0.6) is 0 Å². The Morgan fingerprint density at radius 2 is 2.03 bits per heavy atom. The first-order valence-electron chi connectivity index (χ1n) is 9.31. The summed E-state index contributed by atoms with van der Waals surface area (Å²) in [6.07, 6.45) is 4.01. The Labute approximate surface area is 179 Å². The van der Waals surface area contributed by atoms with E-state index in [4.69, 9.17) is 4.52 Å². The van der Waals surface area contributed by atoms with Gasteiger partial charge in [0.05, 0.1) is 4.90 Å². The smallest absolute Gasteiger partial charge is 0.240 e. The second kappa shape index (κ2) is 9.38. The molecule has 0 radical (unpaired) electrons. The summed E-state index contributed by atoms with van der Waals surface area (Å²) < 4.78 is 33.5. The van der Waals surface area contributed by atoms with Gasteiger partial charge >= 0.3 is 0 Å². The van der Waals surface area contributed by atoms with Gasteiger partial charge in [-0.25, -0.2) is 13.1 Å². The fraction of sp³-hybridized carbons (Fsp3) is 0.238. The number of thiophene rings is 1. The summed E-state index contributed by atoms with van der Waals surface area (Å²) in [5.41, 5.74) is 2.40. The van der Waals surface area contributed by atoms with E-state index < -0.39 is 10.0 Å². The first-order chi connectivity index (χ1) is 14.3. The molecule has 0 saturated heterocycles. The average molecular weight is 446 g/mol. The molecule has 0 fully saturated rings. The summed E-state index contributed by atoms with van der Waals surface area (Å²) in [6.45, 7) is 5.23. The molecule has 158 valence electrons. The maximum Gasteiger partial charge on any atom is 0.240 e. The third-order valence-corrected chi connectivity index (χ3v) is 6.90. The molecule has 0 aliphatic rings. The van der Waals surface area contributed by atoms with Crippen LogP contribution in [0.2, 0.25) is 0 Å². The zero-order chi connectivity index (χ0) is 21.7. The fourth-order valence-electron chi connectivity index (χ4n) is 2.85. The van der Waals surface area contributed by atoms with Gasteiger partial charge in [0.2, 0.25) is 15.9 Å². The van der Waals surface area contributed by atoms with Crippen molar-refractivity contribution in [1.29, 1.82) is 0 Å². The minimum atomic E-state index is -3.64. The molecule has 0 aliphatic heterocycles. The lowest BCUT2D eigenvalue weighted by Crippen LogP contribution is -2.26. The van der Waals surface area contributed by atoms with Crippen molar-refractivity contribution in [3.63, 3.8) is 0 Å². The van der Waals surface area contributed by atoms with Gasteiger partial charge in [-0.15, -0.1) is 11.3 Å². The number of anilines is 1. The summed E-state index contributed by atoms with van der Waals surface area (Å²) in [4.78, 5) is 12.7. The van der Waals surface area contributed by atoms with Gasteiger partial charge in [0.15, 0.2) is 5.76 Å². The van der Waals surface area contributed by atoms with Crippen molar-refractivity contribution < 1.29 is 17.7 Å². The number of aromatic nitrogens is 1. The zero-order valence-corrected chi connectivity index (χ0v) is 18.6. The number of hydrogen-bond acceptors (Lipinski definition) is 6. The quantitative estimate of drug-likeness (QED) is 0.546. The highest BCUT2D eigenvalue weighted by molar-refractivity contribution is 7.89.